The van der Waals surface area contributed by atoms with Crippen molar-refractivity contribution in [2.45, 2.75) is 39.7 Å². The molecule has 1 unspecified atom stereocenters. The fourth-order valence-corrected chi connectivity index (χ4v) is 8.07. The molecule has 0 aliphatic rings. The first kappa shape index (κ1) is 18.7. The van der Waals surface area contributed by atoms with Crippen LogP contribution in [0.15, 0.2) is 72.8 Å². The Morgan fingerprint density at radius 1 is 0.917 bits per heavy atom. The molecule has 0 saturated heterocycles. The number of benzene rings is 2. The van der Waals surface area contributed by atoms with E-state index in [4.69, 9.17) is 4.43 Å². The van der Waals surface area contributed by atoms with E-state index in [1.165, 1.54) is 10.4 Å². The van der Waals surface area contributed by atoms with E-state index in [1.54, 1.807) is 0 Å². The molecule has 0 aliphatic heterocycles. The molecule has 24 heavy (non-hydrogen) atoms. The first-order chi connectivity index (χ1) is 11.4. The van der Waals surface area contributed by atoms with Gasteiger partial charge < -0.3 is 4.43 Å². The summed E-state index contributed by atoms with van der Waals surface area (Å²) in [7, 11) is -2.38. The van der Waals surface area contributed by atoms with Crippen molar-refractivity contribution in [1.29, 1.82) is 0 Å². The minimum absolute atomic E-state index is 0.0470. The van der Waals surface area contributed by atoms with Crippen LogP contribution < -0.4 is 10.4 Å². The summed E-state index contributed by atoms with van der Waals surface area (Å²) in [4.78, 5) is 0. The summed E-state index contributed by atoms with van der Waals surface area (Å²) in [6.45, 7) is 12.0. The van der Waals surface area contributed by atoms with Crippen LogP contribution >= 0.6 is 0 Å². The van der Waals surface area contributed by atoms with E-state index >= 15 is 0 Å². The third-order valence-electron chi connectivity index (χ3n) is 4.50. The molecule has 0 heterocycles. The molecular weight excluding hydrogens is 308 g/mol. The second-order valence-corrected chi connectivity index (χ2v) is 11.8. The predicted octanol–water partition coefficient (Wildman–Crippen LogP) is 4.78. The SMILES string of the molecule is C/C=C\C(C)CO[Si](c1ccccc1)(c1ccccc1)C(C)(C)C. The molecule has 0 radical (unpaired) electrons. The Morgan fingerprint density at radius 3 is 1.75 bits per heavy atom. The molecule has 0 saturated carbocycles. The number of rotatable bonds is 6. The largest absolute Gasteiger partial charge is 0.407 e. The Morgan fingerprint density at radius 2 is 1.38 bits per heavy atom. The number of allylic oxidation sites excluding steroid dienone is 1. The van der Waals surface area contributed by atoms with Gasteiger partial charge in [-0.2, -0.15) is 0 Å². The average molecular weight is 339 g/mol. The van der Waals surface area contributed by atoms with Crippen LogP contribution in [0.3, 0.4) is 0 Å². The van der Waals surface area contributed by atoms with Crippen LogP contribution in [0.2, 0.25) is 5.04 Å². The molecule has 0 N–H and O–H groups in total. The van der Waals surface area contributed by atoms with Crippen LogP contribution in [0.5, 0.6) is 0 Å². The van der Waals surface area contributed by atoms with Crippen molar-refractivity contribution in [3.63, 3.8) is 0 Å². The average Bonchev–Trinajstić information content (AvgIpc) is 2.56. The molecule has 1 atom stereocenters. The molecule has 0 fully saturated rings. The van der Waals surface area contributed by atoms with Crippen LogP contribution in [-0.2, 0) is 4.43 Å². The maximum atomic E-state index is 6.87. The minimum atomic E-state index is -2.38. The zero-order chi connectivity index (χ0) is 17.6. The molecule has 0 aromatic heterocycles. The van der Waals surface area contributed by atoms with E-state index in [0.29, 0.717) is 5.92 Å². The van der Waals surface area contributed by atoms with Gasteiger partial charge in [-0.15, -0.1) is 0 Å². The van der Waals surface area contributed by atoms with Crippen LogP contribution in [-0.4, -0.2) is 14.9 Å². The van der Waals surface area contributed by atoms with Crippen molar-refractivity contribution < 1.29 is 4.43 Å². The van der Waals surface area contributed by atoms with Crippen molar-refractivity contribution in [2.75, 3.05) is 6.61 Å². The summed E-state index contributed by atoms with van der Waals surface area (Å²) in [6, 6.07) is 21.6. The van der Waals surface area contributed by atoms with Crippen molar-refractivity contribution in [3.05, 3.63) is 72.8 Å². The highest BCUT2D eigenvalue weighted by Gasteiger charge is 2.50. The van der Waals surface area contributed by atoms with E-state index in [-0.39, 0.29) is 5.04 Å². The first-order valence-electron chi connectivity index (χ1n) is 8.79. The Hall–Kier alpha value is -1.64. The van der Waals surface area contributed by atoms with Crippen molar-refractivity contribution in [3.8, 4) is 0 Å². The maximum Gasteiger partial charge on any atom is 0.261 e. The van der Waals surface area contributed by atoms with Gasteiger partial charge in [-0.3, -0.25) is 0 Å². The fraction of sp³-hybridized carbons (Fsp3) is 0.364. The summed E-state index contributed by atoms with van der Waals surface area (Å²) >= 11 is 0. The summed E-state index contributed by atoms with van der Waals surface area (Å²) in [5.41, 5.74) is 0. The van der Waals surface area contributed by atoms with Crippen molar-refractivity contribution in [1.82, 2.24) is 0 Å². The Balaban J connectivity index is 2.57. The molecule has 1 nitrogen and oxygen atoms in total. The third kappa shape index (κ3) is 3.88. The van der Waals surface area contributed by atoms with Gasteiger partial charge in [0.1, 0.15) is 0 Å². The lowest BCUT2D eigenvalue weighted by Gasteiger charge is -2.43. The van der Waals surface area contributed by atoms with Gasteiger partial charge in [0.15, 0.2) is 0 Å². The molecule has 2 heteroatoms. The van der Waals surface area contributed by atoms with Crippen LogP contribution in [0.25, 0.3) is 0 Å². The lowest BCUT2D eigenvalue weighted by molar-refractivity contribution is 0.268. The quantitative estimate of drug-likeness (QED) is 0.544. The zero-order valence-electron chi connectivity index (χ0n) is 15.6. The van der Waals surface area contributed by atoms with E-state index in [1.807, 2.05) is 0 Å². The fourth-order valence-electron chi connectivity index (χ4n) is 3.40. The highest BCUT2D eigenvalue weighted by molar-refractivity contribution is 6.99. The summed E-state index contributed by atoms with van der Waals surface area (Å²) in [5.74, 6) is 0.414. The minimum Gasteiger partial charge on any atom is -0.407 e. The van der Waals surface area contributed by atoms with E-state index in [2.05, 4.69) is 107 Å². The molecule has 128 valence electrons. The lowest BCUT2D eigenvalue weighted by atomic mass is 10.2. The Bertz CT molecular complexity index is 601. The topological polar surface area (TPSA) is 9.23 Å². The van der Waals surface area contributed by atoms with Gasteiger partial charge in [-0.05, 0) is 28.3 Å². The zero-order valence-corrected chi connectivity index (χ0v) is 16.6. The van der Waals surface area contributed by atoms with Gasteiger partial charge in [-0.1, -0.05) is 101 Å². The first-order valence-corrected chi connectivity index (χ1v) is 10.7. The van der Waals surface area contributed by atoms with E-state index in [9.17, 15) is 0 Å². The number of hydrogen-bond donors (Lipinski definition) is 0. The molecular formula is C22H30OSi. The standard InChI is InChI=1S/C22H30OSi/c1-6-13-19(2)18-23-24(22(3,4)5,20-14-9-7-10-15-20)21-16-11-8-12-17-21/h6-17,19H,18H2,1-5H3/b13-6-. The summed E-state index contributed by atoms with van der Waals surface area (Å²) in [5, 5.41) is 2.73. The molecule has 0 bridgehead atoms. The number of hydrogen-bond acceptors (Lipinski definition) is 1. The van der Waals surface area contributed by atoms with E-state index < -0.39 is 8.32 Å². The van der Waals surface area contributed by atoms with Crippen molar-refractivity contribution in [2.24, 2.45) is 5.92 Å². The second kappa shape index (κ2) is 7.95. The molecule has 0 spiro atoms. The maximum absolute atomic E-state index is 6.87. The summed E-state index contributed by atoms with van der Waals surface area (Å²) < 4.78 is 6.87. The van der Waals surface area contributed by atoms with Gasteiger partial charge >= 0.3 is 0 Å². The van der Waals surface area contributed by atoms with Gasteiger partial charge in [-0.25, -0.2) is 0 Å². The van der Waals surface area contributed by atoms with E-state index in [0.717, 1.165) is 6.61 Å². The van der Waals surface area contributed by atoms with Crippen LogP contribution in [0.1, 0.15) is 34.6 Å². The smallest absolute Gasteiger partial charge is 0.261 e. The molecule has 2 rings (SSSR count). The van der Waals surface area contributed by atoms with Crippen LogP contribution in [0.4, 0.5) is 0 Å². The van der Waals surface area contributed by atoms with Gasteiger partial charge in [0.25, 0.3) is 8.32 Å². The van der Waals surface area contributed by atoms with Gasteiger partial charge in [0, 0.05) is 6.61 Å². The Kier molecular flexibility index (Phi) is 6.19. The lowest BCUT2D eigenvalue weighted by Crippen LogP contribution is -2.66. The molecule has 0 amide bonds. The van der Waals surface area contributed by atoms with Gasteiger partial charge in [0.05, 0.1) is 0 Å². The van der Waals surface area contributed by atoms with Crippen LogP contribution in [0, 0.1) is 5.92 Å². The monoisotopic (exact) mass is 338 g/mol. The molecule has 0 aliphatic carbocycles. The summed E-state index contributed by atoms with van der Waals surface area (Å²) in [6.07, 6.45) is 4.33. The normalized spacial score (nSPS) is 14.0. The highest BCUT2D eigenvalue weighted by Crippen LogP contribution is 2.37. The second-order valence-electron chi connectivity index (χ2n) is 7.48. The molecule has 2 aromatic rings. The third-order valence-corrected chi connectivity index (χ3v) is 9.51. The highest BCUT2D eigenvalue weighted by atomic mass is 28.4. The van der Waals surface area contributed by atoms with Gasteiger partial charge in [0.2, 0.25) is 0 Å². The molecule has 2 aromatic carbocycles. The predicted molar refractivity (Wildman–Crippen MR) is 108 cm³/mol. The Labute approximate surface area is 148 Å². The van der Waals surface area contributed by atoms with Crippen molar-refractivity contribution >= 4 is 18.7 Å².